The second kappa shape index (κ2) is 8.12. The smallest absolute Gasteiger partial charge is 0.338 e. The van der Waals surface area contributed by atoms with Crippen molar-refractivity contribution in [2.45, 2.75) is 32.6 Å². The Hall–Kier alpha value is -3.07. The second-order valence-corrected chi connectivity index (χ2v) is 8.81. The van der Waals surface area contributed by atoms with Gasteiger partial charge in [0, 0.05) is 17.9 Å². The van der Waals surface area contributed by atoms with Gasteiger partial charge in [0.15, 0.2) is 16.4 Å². The van der Waals surface area contributed by atoms with Crippen molar-refractivity contribution < 1.29 is 27.7 Å². The molecular formula is C20H21NO7S. The van der Waals surface area contributed by atoms with Gasteiger partial charge in [-0.2, -0.15) is 0 Å². The number of ether oxygens (including phenoxy) is 1. The van der Waals surface area contributed by atoms with Crippen LogP contribution in [0.25, 0.3) is 0 Å². The molecule has 2 rings (SSSR count). The number of aryl methyl sites for hydroxylation is 1. The fourth-order valence-electron chi connectivity index (χ4n) is 2.89. The number of Topliss-reactive ketones (excluding diaryl/α,β-unsaturated/α-hetero) is 1. The summed E-state index contributed by atoms with van der Waals surface area (Å²) in [5.41, 5.74) is 3.29. The SMILES string of the molecule is Cc1cc(C(=O)COC(=O)c2ccc(S(C)(=O)=O)c([N+](=O)[O-])c2)c(C)c(C)c1C. The number of ketones is 1. The van der Waals surface area contributed by atoms with Crippen LogP contribution in [0.3, 0.4) is 0 Å². The number of nitro benzene ring substituents is 1. The van der Waals surface area contributed by atoms with Gasteiger partial charge in [0.05, 0.1) is 10.5 Å². The lowest BCUT2D eigenvalue weighted by atomic mass is 9.93. The van der Waals surface area contributed by atoms with Crippen LogP contribution in [0.5, 0.6) is 0 Å². The molecule has 0 aromatic heterocycles. The average Bonchev–Trinajstić information content (AvgIpc) is 2.65. The van der Waals surface area contributed by atoms with Crippen molar-refractivity contribution in [1.82, 2.24) is 0 Å². The molecule has 0 saturated heterocycles. The van der Waals surface area contributed by atoms with Gasteiger partial charge in [-0.25, -0.2) is 13.2 Å². The van der Waals surface area contributed by atoms with E-state index in [-0.39, 0.29) is 5.56 Å². The average molecular weight is 419 g/mol. The summed E-state index contributed by atoms with van der Waals surface area (Å²) in [4.78, 5) is 34.5. The Labute approximate surface area is 168 Å². The molecule has 154 valence electrons. The normalized spacial score (nSPS) is 11.2. The lowest BCUT2D eigenvalue weighted by Gasteiger charge is -2.13. The Morgan fingerprint density at radius 3 is 2.21 bits per heavy atom. The molecular weight excluding hydrogens is 398 g/mol. The van der Waals surface area contributed by atoms with Crippen molar-refractivity contribution in [1.29, 1.82) is 0 Å². The van der Waals surface area contributed by atoms with Crippen molar-refractivity contribution in [2.24, 2.45) is 0 Å². The number of sulfone groups is 1. The number of esters is 1. The monoisotopic (exact) mass is 419 g/mol. The predicted molar refractivity (Wildman–Crippen MR) is 106 cm³/mol. The molecule has 0 atom stereocenters. The van der Waals surface area contributed by atoms with E-state index in [1.165, 1.54) is 0 Å². The molecule has 0 saturated carbocycles. The van der Waals surface area contributed by atoms with Crippen LogP contribution in [0.1, 0.15) is 43.0 Å². The highest BCUT2D eigenvalue weighted by Gasteiger charge is 2.25. The first kappa shape index (κ1) is 22.2. The summed E-state index contributed by atoms with van der Waals surface area (Å²) in [6.07, 6.45) is 0.833. The third-order valence-electron chi connectivity index (χ3n) is 4.91. The number of carbonyl (C=O) groups is 2. The van der Waals surface area contributed by atoms with Crippen LogP contribution in [0.4, 0.5) is 5.69 Å². The Kier molecular flexibility index (Phi) is 6.22. The van der Waals surface area contributed by atoms with Crippen molar-refractivity contribution in [2.75, 3.05) is 12.9 Å². The number of nitrogens with zero attached hydrogens (tertiary/aromatic N) is 1. The molecule has 2 aromatic carbocycles. The number of hydrogen-bond acceptors (Lipinski definition) is 7. The maximum Gasteiger partial charge on any atom is 0.338 e. The van der Waals surface area contributed by atoms with E-state index in [1.807, 2.05) is 27.7 Å². The fourth-order valence-corrected chi connectivity index (χ4v) is 3.72. The van der Waals surface area contributed by atoms with Gasteiger partial charge in [-0.1, -0.05) is 0 Å². The lowest BCUT2D eigenvalue weighted by Crippen LogP contribution is -2.16. The van der Waals surface area contributed by atoms with Crippen molar-refractivity contribution in [3.05, 3.63) is 67.8 Å². The summed E-state index contributed by atoms with van der Waals surface area (Å²) in [7, 11) is -3.85. The molecule has 0 aliphatic carbocycles. The van der Waals surface area contributed by atoms with Crippen LogP contribution in [-0.4, -0.2) is 38.0 Å². The molecule has 0 aliphatic heterocycles. The van der Waals surface area contributed by atoms with Crippen molar-refractivity contribution >= 4 is 27.3 Å². The third kappa shape index (κ3) is 4.68. The highest BCUT2D eigenvalue weighted by molar-refractivity contribution is 7.90. The Bertz CT molecular complexity index is 1130. The summed E-state index contributed by atoms with van der Waals surface area (Å²) in [5, 5.41) is 11.2. The molecule has 0 unspecified atom stereocenters. The maximum atomic E-state index is 12.5. The van der Waals surface area contributed by atoms with E-state index in [4.69, 9.17) is 4.74 Å². The minimum Gasteiger partial charge on any atom is -0.454 e. The molecule has 2 aromatic rings. The second-order valence-electron chi connectivity index (χ2n) is 6.83. The van der Waals surface area contributed by atoms with E-state index in [1.54, 1.807) is 6.07 Å². The molecule has 29 heavy (non-hydrogen) atoms. The van der Waals surface area contributed by atoms with Gasteiger partial charge in [0.1, 0.15) is 4.90 Å². The molecule has 0 bridgehead atoms. The summed E-state index contributed by atoms with van der Waals surface area (Å²) >= 11 is 0. The minimum atomic E-state index is -3.85. The van der Waals surface area contributed by atoms with Crippen LogP contribution >= 0.6 is 0 Å². The number of carbonyl (C=O) groups excluding carboxylic acids is 2. The molecule has 0 N–H and O–H groups in total. The predicted octanol–water partition coefficient (Wildman–Crippen LogP) is 3.27. The van der Waals surface area contributed by atoms with Crippen LogP contribution in [0, 0.1) is 37.8 Å². The Morgan fingerprint density at radius 2 is 1.66 bits per heavy atom. The first-order chi connectivity index (χ1) is 13.3. The van der Waals surface area contributed by atoms with Crippen molar-refractivity contribution in [3.63, 3.8) is 0 Å². The van der Waals surface area contributed by atoms with Gasteiger partial charge in [-0.15, -0.1) is 0 Å². The molecule has 8 nitrogen and oxygen atoms in total. The molecule has 0 spiro atoms. The van der Waals surface area contributed by atoms with E-state index in [0.717, 1.165) is 46.7 Å². The number of hydrogen-bond donors (Lipinski definition) is 0. The molecule has 0 aliphatic rings. The van der Waals surface area contributed by atoms with E-state index in [2.05, 4.69) is 0 Å². The first-order valence-corrected chi connectivity index (χ1v) is 10.5. The van der Waals surface area contributed by atoms with E-state index in [0.29, 0.717) is 5.56 Å². The van der Waals surface area contributed by atoms with Crippen LogP contribution in [0.2, 0.25) is 0 Å². The minimum absolute atomic E-state index is 0.218. The van der Waals surface area contributed by atoms with E-state index in [9.17, 15) is 28.1 Å². The topological polar surface area (TPSA) is 121 Å². The zero-order valence-electron chi connectivity index (χ0n) is 16.7. The number of nitro groups is 1. The zero-order valence-corrected chi connectivity index (χ0v) is 17.5. The van der Waals surface area contributed by atoms with Crippen molar-refractivity contribution in [3.8, 4) is 0 Å². The fraction of sp³-hybridized carbons (Fsp3) is 0.300. The first-order valence-electron chi connectivity index (χ1n) is 8.60. The molecule has 0 heterocycles. The largest absolute Gasteiger partial charge is 0.454 e. The van der Waals surface area contributed by atoms with Gasteiger partial charge in [0.2, 0.25) is 5.78 Å². The zero-order chi connectivity index (χ0) is 22.1. The van der Waals surface area contributed by atoms with Crippen LogP contribution < -0.4 is 0 Å². The quantitative estimate of drug-likeness (QED) is 0.305. The van der Waals surface area contributed by atoms with Gasteiger partial charge in [-0.05, 0) is 68.1 Å². The van der Waals surface area contributed by atoms with E-state index < -0.39 is 43.7 Å². The van der Waals surface area contributed by atoms with Gasteiger partial charge < -0.3 is 4.74 Å². The van der Waals surface area contributed by atoms with Crippen LogP contribution in [-0.2, 0) is 14.6 Å². The van der Waals surface area contributed by atoms with Crippen LogP contribution in [0.15, 0.2) is 29.2 Å². The summed E-state index contributed by atoms with van der Waals surface area (Å²) in [6, 6.07) is 4.65. The van der Waals surface area contributed by atoms with E-state index >= 15 is 0 Å². The molecule has 0 radical (unpaired) electrons. The Balaban J connectivity index is 2.25. The highest BCUT2D eigenvalue weighted by atomic mass is 32.2. The van der Waals surface area contributed by atoms with Gasteiger partial charge in [0.25, 0.3) is 5.69 Å². The summed E-state index contributed by atoms with van der Waals surface area (Å²) in [5.74, 6) is -1.36. The standard InChI is InChI=1S/C20H21NO7S/c1-11-8-16(14(4)13(3)12(11)2)18(22)10-28-20(23)15-6-7-19(29(5,26)27)17(9-15)21(24)25/h6-9H,10H2,1-5H3. The number of rotatable bonds is 6. The van der Waals surface area contributed by atoms with Gasteiger partial charge in [-0.3, -0.25) is 14.9 Å². The lowest BCUT2D eigenvalue weighted by molar-refractivity contribution is -0.387. The maximum absolute atomic E-state index is 12.5. The molecule has 0 fully saturated rings. The van der Waals surface area contributed by atoms with Gasteiger partial charge >= 0.3 is 5.97 Å². The highest BCUT2D eigenvalue weighted by Crippen LogP contribution is 2.26. The third-order valence-corrected chi connectivity index (χ3v) is 6.05. The summed E-state index contributed by atoms with van der Waals surface area (Å²) < 4.78 is 28.3. The molecule has 9 heteroatoms. The summed E-state index contributed by atoms with van der Waals surface area (Å²) in [6.45, 7) is 7.02. The number of benzene rings is 2. The Morgan fingerprint density at radius 1 is 1.03 bits per heavy atom. The molecule has 0 amide bonds.